The van der Waals surface area contributed by atoms with Crippen LogP contribution in [0.3, 0.4) is 0 Å². The van der Waals surface area contributed by atoms with Crippen LogP contribution in [0.25, 0.3) is 44.7 Å². The fourth-order valence-electron chi connectivity index (χ4n) is 8.53. The summed E-state index contributed by atoms with van der Waals surface area (Å²) in [6, 6.07) is 12.9. The summed E-state index contributed by atoms with van der Waals surface area (Å²) in [5.41, 5.74) is 4.10. The number of aromatic nitrogens is 5. The lowest BCUT2D eigenvalue weighted by atomic mass is 10.0. The molecule has 0 saturated carbocycles. The molecule has 0 spiro atoms. The van der Waals surface area contributed by atoms with E-state index in [1.165, 1.54) is 19.2 Å². The third-order valence-electron chi connectivity index (χ3n) is 11.4. The maximum atomic E-state index is 16.6. The van der Waals surface area contributed by atoms with Crippen LogP contribution >= 0.6 is 11.3 Å². The van der Waals surface area contributed by atoms with Crippen molar-refractivity contribution in [1.29, 1.82) is 0 Å². The van der Waals surface area contributed by atoms with Gasteiger partial charge in [0.05, 0.1) is 71.0 Å². The van der Waals surface area contributed by atoms with E-state index in [0.29, 0.717) is 40.6 Å². The molecule has 0 bridgehead atoms. The number of hydrogen-bond donors (Lipinski definition) is 4. The maximum absolute atomic E-state index is 16.6. The van der Waals surface area contributed by atoms with Gasteiger partial charge >= 0.3 is 12.3 Å². The summed E-state index contributed by atoms with van der Waals surface area (Å²) < 4.78 is 70.2. The highest BCUT2D eigenvalue weighted by Gasteiger charge is 2.38. The molecular formula is C42H42F4N8O4S. The number of carbonyl (C=O) groups excluding carboxylic acids is 2. The van der Waals surface area contributed by atoms with Crippen LogP contribution in [0.15, 0.2) is 60.9 Å². The SMILES string of the molecule is COC(=O)NC(C(=O)N1CCCC1c1ncc(-c2cc(F)c3c(c2)OC(c2ccc(CC(F)(F)F)s2)n2c-3cc3cc(-c4cnc(C5CCCN5)[nH]4)ccc32)[nH]1)C(C)C. The van der Waals surface area contributed by atoms with Crippen LogP contribution < -0.4 is 15.4 Å². The molecule has 17 heteroatoms. The van der Waals surface area contributed by atoms with E-state index in [1.807, 2.05) is 42.7 Å². The molecule has 9 rings (SSSR count). The van der Waals surface area contributed by atoms with E-state index in [2.05, 4.69) is 30.6 Å². The highest BCUT2D eigenvalue weighted by atomic mass is 32.1. The van der Waals surface area contributed by atoms with E-state index in [1.54, 1.807) is 29.4 Å². The lowest BCUT2D eigenvalue weighted by molar-refractivity contribution is -0.135. The van der Waals surface area contributed by atoms with E-state index in [9.17, 15) is 22.8 Å². The van der Waals surface area contributed by atoms with Crippen LogP contribution in [0.4, 0.5) is 22.4 Å². The van der Waals surface area contributed by atoms with Gasteiger partial charge in [-0.3, -0.25) is 9.36 Å². The lowest BCUT2D eigenvalue weighted by Crippen LogP contribution is -2.51. The summed E-state index contributed by atoms with van der Waals surface area (Å²) in [6.45, 7) is 5.09. The van der Waals surface area contributed by atoms with E-state index in [4.69, 9.17) is 9.47 Å². The van der Waals surface area contributed by atoms with Gasteiger partial charge in [-0.15, -0.1) is 11.3 Å². The average molecular weight is 831 g/mol. The van der Waals surface area contributed by atoms with Gasteiger partial charge in [-0.05, 0) is 80.6 Å². The third-order valence-corrected chi connectivity index (χ3v) is 12.5. The number of halogens is 4. The standard InChI is InChI=1S/C42H42F4N8O4S/c1-21(2)36(52-41(56)57-3)39(55)53-13-5-7-31(53)38-49-20-29(51-38)23-15-26(43)35-32-16-24-14-22(28-19-48-37(50-28)27-6-4-12-47-27)8-10-30(24)54(32)40(58-33(35)17-23)34-11-9-25(59-34)18-42(44,45)46/h8-11,14-17,19-21,27,31,36,40,47H,4-7,12-13,18H2,1-3H3,(H,48,50)(H,49,51)(H,52,56). The van der Waals surface area contributed by atoms with Gasteiger partial charge in [0.1, 0.15) is 29.3 Å². The fraction of sp³-hybridized carbons (Fsp3) is 0.381. The number of ether oxygens (including phenoxy) is 2. The summed E-state index contributed by atoms with van der Waals surface area (Å²) in [4.78, 5) is 44.1. The van der Waals surface area contributed by atoms with Crippen LogP contribution in [-0.4, -0.2) is 73.8 Å². The molecule has 4 atom stereocenters. The van der Waals surface area contributed by atoms with Gasteiger partial charge in [0.15, 0.2) is 0 Å². The molecule has 2 aromatic carbocycles. The molecule has 4 unspecified atom stereocenters. The van der Waals surface area contributed by atoms with Gasteiger partial charge in [0, 0.05) is 27.9 Å². The Morgan fingerprint density at radius 1 is 1.00 bits per heavy atom. The predicted molar refractivity (Wildman–Crippen MR) is 213 cm³/mol. The molecule has 308 valence electrons. The van der Waals surface area contributed by atoms with Gasteiger partial charge < -0.3 is 35.0 Å². The topological polar surface area (TPSA) is 142 Å². The second kappa shape index (κ2) is 15.2. The quantitative estimate of drug-likeness (QED) is 0.107. The monoisotopic (exact) mass is 830 g/mol. The first kappa shape index (κ1) is 38.8. The first-order valence-corrected chi connectivity index (χ1v) is 20.5. The Hall–Kier alpha value is -5.68. The molecule has 4 N–H and O–H groups in total. The number of carbonyl (C=O) groups is 2. The number of rotatable bonds is 9. The average Bonchev–Trinajstić information content (AvgIpc) is 4.05. The van der Waals surface area contributed by atoms with Crippen molar-refractivity contribution in [1.82, 2.24) is 40.0 Å². The number of hydrogen-bond acceptors (Lipinski definition) is 8. The Kier molecular flexibility index (Phi) is 9.98. The van der Waals surface area contributed by atoms with Gasteiger partial charge in [-0.25, -0.2) is 19.2 Å². The maximum Gasteiger partial charge on any atom is 0.407 e. The van der Waals surface area contributed by atoms with Crippen molar-refractivity contribution in [2.45, 2.75) is 76.5 Å². The molecule has 3 aliphatic rings. The number of likely N-dealkylation sites (tertiary alicyclic amines) is 1. The Morgan fingerprint density at radius 3 is 2.53 bits per heavy atom. The smallest absolute Gasteiger partial charge is 0.407 e. The number of thiophene rings is 1. The first-order valence-electron chi connectivity index (χ1n) is 19.6. The Morgan fingerprint density at radius 2 is 1.78 bits per heavy atom. The van der Waals surface area contributed by atoms with Crippen LogP contribution in [0.5, 0.6) is 5.75 Å². The van der Waals surface area contributed by atoms with Crippen molar-refractivity contribution in [3.05, 3.63) is 88.1 Å². The number of benzene rings is 2. The van der Waals surface area contributed by atoms with E-state index in [-0.39, 0.29) is 34.1 Å². The summed E-state index contributed by atoms with van der Waals surface area (Å²) >= 11 is 1.01. The van der Waals surface area contributed by atoms with Crippen LogP contribution in [0.1, 0.15) is 79.2 Å². The Bertz CT molecular complexity index is 2550. The molecule has 59 heavy (non-hydrogen) atoms. The number of alkyl halides is 3. The lowest BCUT2D eigenvalue weighted by Gasteiger charge is -2.30. The Labute approximate surface area is 340 Å². The number of H-pyrrole nitrogens is 2. The number of fused-ring (bicyclic) bond motifs is 5. The zero-order valence-electron chi connectivity index (χ0n) is 32.5. The van der Waals surface area contributed by atoms with Crippen molar-refractivity contribution in [3.8, 4) is 39.5 Å². The molecule has 2 saturated heterocycles. The minimum absolute atomic E-state index is 0.138. The van der Waals surface area contributed by atoms with E-state index >= 15 is 4.39 Å². The zero-order valence-corrected chi connectivity index (χ0v) is 33.3. The van der Waals surface area contributed by atoms with Crippen molar-refractivity contribution >= 4 is 34.2 Å². The molecule has 2 fully saturated rings. The van der Waals surface area contributed by atoms with Crippen molar-refractivity contribution in [2.24, 2.45) is 5.92 Å². The largest absolute Gasteiger partial charge is 0.464 e. The predicted octanol–water partition coefficient (Wildman–Crippen LogP) is 8.80. The van der Waals surface area contributed by atoms with E-state index in [0.717, 1.165) is 65.1 Å². The van der Waals surface area contributed by atoms with Crippen LogP contribution in [0.2, 0.25) is 0 Å². The number of alkyl carbamates (subject to hydrolysis) is 1. The van der Waals surface area contributed by atoms with Crippen molar-refractivity contribution in [3.63, 3.8) is 0 Å². The van der Waals surface area contributed by atoms with Gasteiger partial charge in [-0.2, -0.15) is 13.2 Å². The molecule has 2 amide bonds. The zero-order chi connectivity index (χ0) is 41.2. The second-order valence-electron chi connectivity index (χ2n) is 15.6. The fourth-order valence-corrected chi connectivity index (χ4v) is 9.59. The molecule has 0 radical (unpaired) electrons. The minimum Gasteiger partial charge on any atom is -0.464 e. The number of amides is 2. The van der Waals surface area contributed by atoms with Crippen molar-refractivity contribution < 1.29 is 36.6 Å². The normalized spacial score (nSPS) is 19.5. The van der Waals surface area contributed by atoms with Crippen molar-refractivity contribution in [2.75, 3.05) is 20.2 Å². The number of nitrogens with zero attached hydrogens (tertiary/aromatic N) is 4. The summed E-state index contributed by atoms with van der Waals surface area (Å²) in [6.07, 6.45) is -0.230. The molecule has 3 aliphatic heterocycles. The molecule has 4 aromatic heterocycles. The summed E-state index contributed by atoms with van der Waals surface area (Å²) in [7, 11) is 1.24. The number of methoxy groups -OCH3 is 1. The molecule has 0 aliphatic carbocycles. The number of imidazole rings is 2. The molecule has 6 aromatic rings. The van der Waals surface area contributed by atoms with Gasteiger partial charge in [0.2, 0.25) is 12.1 Å². The van der Waals surface area contributed by atoms with E-state index < -0.39 is 42.8 Å². The summed E-state index contributed by atoms with van der Waals surface area (Å²) in [5.74, 6) is 0.582. The third kappa shape index (κ3) is 7.34. The minimum atomic E-state index is -4.38. The summed E-state index contributed by atoms with van der Waals surface area (Å²) in [5, 5.41) is 6.89. The first-order chi connectivity index (χ1) is 28.3. The molecule has 7 heterocycles. The Balaban J connectivity index is 1.07. The van der Waals surface area contributed by atoms with Gasteiger partial charge in [0.25, 0.3) is 0 Å². The highest BCUT2D eigenvalue weighted by Crippen LogP contribution is 2.48. The second-order valence-corrected chi connectivity index (χ2v) is 16.8. The van der Waals surface area contributed by atoms with Gasteiger partial charge in [-0.1, -0.05) is 19.9 Å². The number of aromatic amines is 2. The molecule has 12 nitrogen and oxygen atoms in total. The highest BCUT2D eigenvalue weighted by molar-refractivity contribution is 7.12. The van der Waals surface area contributed by atoms with Crippen LogP contribution in [0, 0.1) is 11.7 Å². The molecular weight excluding hydrogens is 789 g/mol. The number of nitrogens with one attached hydrogen (secondary N) is 4. The van der Waals surface area contributed by atoms with Crippen LogP contribution in [-0.2, 0) is 16.0 Å².